The van der Waals surface area contributed by atoms with Gasteiger partial charge in [0.25, 0.3) is 0 Å². The van der Waals surface area contributed by atoms with Crippen LogP contribution in [-0.2, 0) is 24.0 Å². The highest BCUT2D eigenvalue weighted by atomic mass is 28.3. The van der Waals surface area contributed by atoms with Crippen LogP contribution in [0, 0.1) is 23.7 Å². The summed E-state index contributed by atoms with van der Waals surface area (Å²) in [6, 6.07) is 0. The molecule has 1 aliphatic carbocycles. The van der Waals surface area contributed by atoms with E-state index in [0.717, 1.165) is 31.9 Å². The standard InChI is InChI=1S/C22H39NO5Si/c1-14-7-8-17-15(2)18(9-10-19(24)23-13-29(4,5)6)25-20-22(17)16(14)11-12-21(3,26-20)27-28-22/h14-18,20H,7-13H2,1-6H3,(H,23,24). The average molecular weight is 426 g/mol. The fourth-order valence-electron chi connectivity index (χ4n) is 6.03. The van der Waals surface area contributed by atoms with E-state index in [1.54, 1.807) is 0 Å². The zero-order valence-electron chi connectivity index (χ0n) is 19.0. The molecule has 4 aliphatic heterocycles. The molecule has 2 bridgehead atoms. The summed E-state index contributed by atoms with van der Waals surface area (Å²) in [5.41, 5.74) is -0.510. The molecule has 0 aromatic rings. The fourth-order valence-corrected chi connectivity index (χ4v) is 6.76. The third kappa shape index (κ3) is 3.93. The molecule has 7 heteroatoms. The lowest BCUT2D eigenvalue weighted by Gasteiger charge is -2.60. The maximum Gasteiger partial charge on any atom is 0.219 e. The number of carbonyl (C=O) groups excluding carboxylic acids is 1. The number of hydrogen-bond donors (Lipinski definition) is 1. The third-order valence-corrected chi connectivity index (χ3v) is 9.00. The number of rotatable bonds is 5. The summed E-state index contributed by atoms with van der Waals surface area (Å²) < 4.78 is 12.9. The molecule has 1 N–H and O–H groups in total. The van der Waals surface area contributed by atoms with Gasteiger partial charge in [0, 0.05) is 24.9 Å². The second kappa shape index (κ2) is 7.59. The summed E-state index contributed by atoms with van der Waals surface area (Å²) in [6.07, 6.45) is 5.83. The van der Waals surface area contributed by atoms with Crippen LogP contribution in [0.5, 0.6) is 0 Å². The van der Waals surface area contributed by atoms with Crippen molar-refractivity contribution in [3.63, 3.8) is 0 Å². The van der Waals surface area contributed by atoms with E-state index in [2.05, 4.69) is 38.8 Å². The Hall–Kier alpha value is -0.473. The molecule has 29 heavy (non-hydrogen) atoms. The summed E-state index contributed by atoms with van der Waals surface area (Å²) in [5.74, 6) is 0.992. The highest BCUT2D eigenvalue weighted by molar-refractivity contribution is 6.76. The van der Waals surface area contributed by atoms with E-state index < -0.39 is 25.8 Å². The van der Waals surface area contributed by atoms with Crippen LogP contribution in [0.15, 0.2) is 0 Å². The Kier molecular flexibility index (Phi) is 5.69. The minimum atomic E-state index is -1.29. The van der Waals surface area contributed by atoms with E-state index in [1.165, 1.54) is 6.42 Å². The summed E-state index contributed by atoms with van der Waals surface area (Å²) in [7, 11) is -1.29. The first-order valence-electron chi connectivity index (χ1n) is 11.5. The predicted molar refractivity (Wildman–Crippen MR) is 112 cm³/mol. The Morgan fingerprint density at radius 3 is 2.59 bits per heavy atom. The Morgan fingerprint density at radius 2 is 1.86 bits per heavy atom. The van der Waals surface area contributed by atoms with Gasteiger partial charge in [0.05, 0.1) is 14.2 Å². The quantitative estimate of drug-likeness (QED) is 0.532. The van der Waals surface area contributed by atoms with Crippen molar-refractivity contribution in [1.82, 2.24) is 5.32 Å². The molecule has 5 fully saturated rings. The molecule has 0 aromatic heterocycles. The molecule has 5 rings (SSSR count). The fraction of sp³-hybridized carbons (Fsp3) is 0.955. The van der Waals surface area contributed by atoms with Gasteiger partial charge >= 0.3 is 0 Å². The van der Waals surface area contributed by atoms with E-state index in [4.69, 9.17) is 19.2 Å². The SMILES string of the molecule is CC1CCC2C(C)C(CCC(=O)NC[Si](C)(C)C)OC3OC4(C)CCC1C32OO4. The summed E-state index contributed by atoms with van der Waals surface area (Å²) in [6.45, 7) is 13.3. The molecule has 0 radical (unpaired) electrons. The van der Waals surface area contributed by atoms with Crippen LogP contribution < -0.4 is 5.32 Å². The second-order valence-corrected chi connectivity index (χ2v) is 16.8. The first-order valence-corrected chi connectivity index (χ1v) is 15.2. The van der Waals surface area contributed by atoms with Crippen LogP contribution in [0.4, 0.5) is 0 Å². The van der Waals surface area contributed by atoms with Crippen LogP contribution >= 0.6 is 0 Å². The smallest absolute Gasteiger partial charge is 0.219 e. The number of nitrogens with one attached hydrogen (secondary N) is 1. The molecule has 1 amide bonds. The molecule has 166 valence electrons. The number of carbonyl (C=O) groups is 1. The average Bonchev–Trinajstić information content (AvgIpc) is 2.87. The van der Waals surface area contributed by atoms with Gasteiger partial charge in [-0.15, -0.1) is 0 Å². The van der Waals surface area contributed by atoms with Gasteiger partial charge in [-0.05, 0) is 50.4 Å². The minimum Gasteiger partial charge on any atom is -0.359 e. The molecule has 8 unspecified atom stereocenters. The lowest BCUT2D eigenvalue weighted by atomic mass is 9.57. The summed E-state index contributed by atoms with van der Waals surface area (Å²) in [5, 5.41) is 3.12. The van der Waals surface area contributed by atoms with E-state index in [0.29, 0.717) is 30.1 Å². The highest BCUT2D eigenvalue weighted by Gasteiger charge is 2.69. The molecule has 6 nitrogen and oxygen atoms in total. The summed E-state index contributed by atoms with van der Waals surface area (Å²) in [4.78, 5) is 24.4. The van der Waals surface area contributed by atoms with Gasteiger partial charge in [0.1, 0.15) is 0 Å². The van der Waals surface area contributed by atoms with Crippen molar-refractivity contribution in [3.05, 3.63) is 0 Å². The van der Waals surface area contributed by atoms with Crippen LogP contribution in [-0.4, -0.2) is 43.9 Å². The number of fused-ring (bicyclic) bond motifs is 2. The van der Waals surface area contributed by atoms with E-state index in [9.17, 15) is 4.79 Å². The molecular formula is C22H39NO5Si. The number of ether oxygens (including phenoxy) is 2. The molecule has 0 aromatic carbocycles. The Morgan fingerprint density at radius 1 is 1.10 bits per heavy atom. The van der Waals surface area contributed by atoms with Gasteiger partial charge in [-0.1, -0.05) is 33.5 Å². The number of hydrogen-bond acceptors (Lipinski definition) is 5. The summed E-state index contributed by atoms with van der Waals surface area (Å²) >= 11 is 0. The van der Waals surface area contributed by atoms with Gasteiger partial charge in [0.2, 0.25) is 11.7 Å². The normalized spacial score (nSPS) is 46.7. The van der Waals surface area contributed by atoms with Crippen LogP contribution in [0.3, 0.4) is 0 Å². The molecule has 8 atom stereocenters. The van der Waals surface area contributed by atoms with Gasteiger partial charge in [-0.2, -0.15) is 0 Å². The largest absolute Gasteiger partial charge is 0.359 e. The van der Waals surface area contributed by atoms with Crippen molar-refractivity contribution in [1.29, 1.82) is 0 Å². The molecule has 4 saturated heterocycles. The van der Waals surface area contributed by atoms with Gasteiger partial charge in [0.15, 0.2) is 11.9 Å². The molecule has 1 spiro atoms. The van der Waals surface area contributed by atoms with Crippen molar-refractivity contribution in [2.24, 2.45) is 23.7 Å². The van der Waals surface area contributed by atoms with Gasteiger partial charge in [-0.3, -0.25) is 4.79 Å². The topological polar surface area (TPSA) is 66.0 Å². The Labute approximate surface area is 176 Å². The van der Waals surface area contributed by atoms with E-state index in [1.807, 2.05) is 6.92 Å². The van der Waals surface area contributed by atoms with Crippen LogP contribution in [0.2, 0.25) is 19.6 Å². The lowest BCUT2D eigenvalue weighted by Crippen LogP contribution is -2.70. The monoisotopic (exact) mass is 425 g/mol. The van der Waals surface area contributed by atoms with Crippen molar-refractivity contribution in [2.45, 2.75) is 103 Å². The van der Waals surface area contributed by atoms with Crippen LogP contribution in [0.25, 0.3) is 0 Å². The maximum absolute atomic E-state index is 12.4. The lowest BCUT2D eigenvalue weighted by molar-refractivity contribution is -0.571. The molecule has 5 aliphatic rings. The van der Waals surface area contributed by atoms with Crippen molar-refractivity contribution >= 4 is 14.0 Å². The zero-order valence-corrected chi connectivity index (χ0v) is 20.0. The Bertz CT molecular complexity index is 639. The molecule has 4 heterocycles. The van der Waals surface area contributed by atoms with E-state index in [-0.39, 0.29) is 12.0 Å². The second-order valence-electron chi connectivity index (χ2n) is 11.3. The van der Waals surface area contributed by atoms with Gasteiger partial charge in [-0.25, -0.2) is 9.78 Å². The zero-order chi connectivity index (χ0) is 21.0. The van der Waals surface area contributed by atoms with Gasteiger partial charge < -0.3 is 14.8 Å². The maximum atomic E-state index is 12.4. The first-order chi connectivity index (χ1) is 13.5. The molecule has 1 saturated carbocycles. The van der Waals surface area contributed by atoms with Crippen molar-refractivity contribution in [3.8, 4) is 0 Å². The van der Waals surface area contributed by atoms with E-state index >= 15 is 0 Å². The first kappa shape index (κ1) is 21.7. The minimum absolute atomic E-state index is 0.00821. The Balaban J connectivity index is 1.48. The predicted octanol–water partition coefficient (Wildman–Crippen LogP) is 4.01. The molecular weight excluding hydrogens is 386 g/mol. The third-order valence-electron chi connectivity index (χ3n) is 7.77. The van der Waals surface area contributed by atoms with Crippen molar-refractivity contribution < 1.29 is 24.0 Å². The number of amides is 1. The highest BCUT2D eigenvalue weighted by Crippen LogP contribution is 2.60. The van der Waals surface area contributed by atoms with Crippen molar-refractivity contribution in [2.75, 3.05) is 6.17 Å². The van der Waals surface area contributed by atoms with Crippen LogP contribution in [0.1, 0.15) is 59.3 Å².